The van der Waals surface area contributed by atoms with E-state index in [4.69, 9.17) is 9.47 Å². The molecule has 0 bridgehead atoms. The first-order valence-corrected chi connectivity index (χ1v) is 8.75. The van der Waals surface area contributed by atoms with Crippen molar-refractivity contribution in [3.63, 3.8) is 0 Å². The summed E-state index contributed by atoms with van der Waals surface area (Å²) in [5, 5.41) is 11.1. The standard InChI is InChI=1S/C18H24N4O3/c1-2-17(23)19-11-14-6-8-16(9-7-14)22-12-15(20-21-22)13-25-18-5-3-4-10-24-18/h6-9,12,18H,2-5,10-11,13H2,1H3,(H,19,23). The molecule has 1 amide bonds. The van der Waals surface area contributed by atoms with Gasteiger partial charge < -0.3 is 14.8 Å². The van der Waals surface area contributed by atoms with Gasteiger partial charge in [0.05, 0.1) is 18.5 Å². The lowest BCUT2D eigenvalue weighted by Gasteiger charge is -2.22. The Morgan fingerprint density at radius 3 is 2.92 bits per heavy atom. The summed E-state index contributed by atoms with van der Waals surface area (Å²) in [7, 11) is 0. The number of aromatic nitrogens is 3. The molecule has 1 saturated heterocycles. The summed E-state index contributed by atoms with van der Waals surface area (Å²) in [5.74, 6) is 0.0481. The molecule has 1 aromatic carbocycles. The van der Waals surface area contributed by atoms with Crippen molar-refractivity contribution in [2.75, 3.05) is 6.61 Å². The van der Waals surface area contributed by atoms with Crippen LogP contribution in [0.5, 0.6) is 0 Å². The number of nitrogens with one attached hydrogen (secondary N) is 1. The molecule has 1 fully saturated rings. The quantitative estimate of drug-likeness (QED) is 0.834. The third kappa shape index (κ3) is 5.11. The number of amides is 1. The van der Waals surface area contributed by atoms with Crippen molar-refractivity contribution in [3.05, 3.63) is 41.7 Å². The van der Waals surface area contributed by atoms with Gasteiger partial charge in [0, 0.05) is 19.6 Å². The summed E-state index contributed by atoms with van der Waals surface area (Å²) in [5.41, 5.74) is 2.73. The second-order valence-electron chi connectivity index (χ2n) is 6.06. The predicted molar refractivity (Wildman–Crippen MR) is 91.9 cm³/mol. The first-order valence-electron chi connectivity index (χ1n) is 8.75. The maximum Gasteiger partial charge on any atom is 0.219 e. The molecule has 0 spiro atoms. The molecule has 1 atom stereocenters. The molecule has 1 aliphatic rings. The maximum absolute atomic E-state index is 11.3. The lowest BCUT2D eigenvalue weighted by atomic mass is 10.2. The highest BCUT2D eigenvalue weighted by Crippen LogP contribution is 2.15. The van der Waals surface area contributed by atoms with Crippen molar-refractivity contribution in [2.24, 2.45) is 0 Å². The molecule has 2 aromatic rings. The average Bonchev–Trinajstić information content (AvgIpc) is 3.14. The van der Waals surface area contributed by atoms with E-state index >= 15 is 0 Å². The number of nitrogens with zero attached hydrogens (tertiary/aromatic N) is 3. The molecule has 0 radical (unpaired) electrons. The highest BCUT2D eigenvalue weighted by molar-refractivity contribution is 5.75. The second-order valence-corrected chi connectivity index (χ2v) is 6.06. The van der Waals surface area contributed by atoms with E-state index in [2.05, 4.69) is 15.6 Å². The smallest absolute Gasteiger partial charge is 0.219 e. The van der Waals surface area contributed by atoms with Gasteiger partial charge >= 0.3 is 0 Å². The number of rotatable bonds is 7. The number of ether oxygens (including phenoxy) is 2. The molecule has 1 N–H and O–H groups in total. The van der Waals surface area contributed by atoms with Crippen LogP contribution in [0.2, 0.25) is 0 Å². The van der Waals surface area contributed by atoms with Crippen LogP contribution in [0.25, 0.3) is 5.69 Å². The lowest BCUT2D eigenvalue weighted by Crippen LogP contribution is -2.22. The van der Waals surface area contributed by atoms with E-state index in [0.717, 1.165) is 42.8 Å². The molecule has 7 nitrogen and oxygen atoms in total. The first-order chi connectivity index (χ1) is 12.2. The number of benzene rings is 1. The second kappa shape index (κ2) is 8.73. The van der Waals surface area contributed by atoms with Gasteiger partial charge in [0.25, 0.3) is 0 Å². The van der Waals surface area contributed by atoms with Gasteiger partial charge in [-0.15, -0.1) is 5.10 Å². The minimum Gasteiger partial charge on any atom is -0.353 e. The Hall–Kier alpha value is -2.25. The van der Waals surface area contributed by atoms with E-state index in [1.165, 1.54) is 0 Å². The van der Waals surface area contributed by atoms with E-state index in [1.54, 1.807) is 4.68 Å². The molecule has 3 rings (SSSR count). The van der Waals surface area contributed by atoms with Crippen LogP contribution in [0, 0.1) is 0 Å². The number of hydrogen-bond donors (Lipinski definition) is 1. The topological polar surface area (TPSA) is 78.3 Å². The third-order valence-corrected chi connectivity index (χ3v) is 4.11. The number of carbonyl (C=O) groups excluding carboxylic acids is 1. The van der Waals surface area contributed by atoms with E-state index in [0.29, 0.717) is 19.6 Å². The molecule has 0 saturated carbocycles. The zero-order valence-corrected chi connectivity index (χ0v) is 14.5. The minimum atomic E-state index is -0.128. The molecule has 2 heterocycles. The molecule has 134 valence electrons. The maximum atomic E-state index is 11.3. The van der Waals surface area contributed by atoms with Crippen molar-refractivity contribution in [1.29, 1.82) is 0 Å². The molecule has 0 aliphatic carbocycles. The highest BCUT2D eigenvalue weighted by atomic mass is 16.7. The summed E-state index contributed by atoms with van der Waals surface area (Å²) in [6, 6.07) is 7.85. The van der Waals surface area contributed by atoms with Crippen LogP contribution in [0.3, 0.4) is 0 Å². The number of carbonyl (C=O) groups is 1. The van der Waals surface area contributed by atoms with E-state index in [1.807, 2.05) is 37.4 Å². The molecular formula is C18H24N4O3. The number of hydrogen-bond acceptors (Lipinski definition) is 5. The van der Waals surface area contributed by atoms with Crippen molar-refractivity contribution < 1.29 is 14.3 Å². The Morgan fingerprint density at radius 1 is 1.36 bits per heavy atom. The van der Waals surface area contributed by atoms with E-state index in [-0.39, 0.29) is 12.2 Å². The van der Waals surface area contributed by atoms with Gasteiger partial charge in [0.15, 0.2) is 6.29 Å². The monoisotopic (exact) mass is 344 g/mol. The van der Waals surface area contributed by atoms with Gasteiger partial charge in [-0.1, -0.05) is 24.3 Å². The van der Waals surface area contributed by atoms with Gasteiger partial charge in [0.1, 0.15) is 5.69 Å². The summed E-state index contributed by atoms with van der Waals surface area (Å²) in [6.45, 7) is 3.53. The van der Waals surface area contributed by atoms with Crippen molar-refractivity contribution in [2.45, 2.75) is 52.0 Å². The Labute approximate surface area is 147 Å². The molecule has 1 aromatic heterocycles. The summed E-state index contributed by atoms with van der Waals surface area (Å²) >= 11 is 0. The van der Waals surface area contributed by atoms with Crippen molar-refractivity contribution in [3.8, 4) is 5.69 Å². The minimum absolute atomic E-state index is 0.0481. The fourth-order valence-electron chi connectivity index (χ4n) is 2.60. The first kappa shape index (κ1) is 17.6. The summed E-state index contributed by atoms with van der Waals surface area (Å²) in [6.07, 6.45) is 5.40. The van der Waals surface area contributed by atoms with Crippen molar-refractivity contribution in [1.82, 2.24) is 20.3 Å². The fourth-order valence-corrected chi connectivity index (χ4v) is 2.60. The van der Waals surface area contributed by atoms with Crippen LogP contribution in [-0.4, -0.2) is 33.8 Å². The van der Waals surface area contributed by atoms with Crippen LogP contribution >= 0.6 is 0 Å². The average molecular weight is 344 g/mol. The van der Waals surface area contributed by atoms with Crippen LogP contribution in [0.4, 0.5) is 0 Å². The predicted octanol–water partition coefficient (Wildman–Crippen LogP) is 2.34. The van der Waals surface area contributed by atoms with Gasteiger partial charge in [-0.25, -0.2) is 4.68 Å². The molecule has 7 heteroatoms. The van der Waals surface area contributed by atoms with Crippen LogP contribution in [-0.2, 0) is 27.4 Å². The van der Waals surface area contributed by atoms with Gasteiger partial charge in [0.2, 0.25) is 5.91 Å². The van der Waals surface area contributed by atoms with Crippen molar-refractivity contribution >= 4 is 5.91 Å². The van der Waals surface area contributed by atoms with Crippen LogP contribution in [0.15, 0.2) is 30.5 Å². The Morgan fingerprint density at radius 2 is 2.20 bits per heavy atom. The Kier molecular flexibility index (Phi) is 6.14. The zero-order valence-electron chi connectivity index (χ0n) is 14.5. The largest absolute Gasteiger partial charge is 0.353 e. The molecule has 1 unspecified atom stereocenters. The zero-order chi connectivity index (χ0) is 17.5. The normalized spacial score (nSPS) is 17.4. The van der Waals surface area contributed by atoms with E-state index < -0.39 is 0 Å². The Bertz CT molecular complexity index is 678. The third-order valence-electron chi connectivity index (χ3n) is 4.11. The Balaban J connectivity index is 1.53. The fraction of sp³-hybridized carbons (Fsp3) is 0.500. The molecule has 25 heavy (non-hydrogen) atoms. The summed E-state index contributed by atoms with van der Waals surface area (Å²) < 4.78 is 13.0. The summed E-state index contributed by atoms with van der Waals surface area (Å²) in [4.78, 5) is 11.3. The van der Waals surface area contributed by atoms with Gasteiger partial charge in [-0.3, -0.25) is 4.79 Å². The van der Waals surface area contributed by atoms with E-state index in [9.17, 15) is 4.79 Å². The molecule has 1 aliphatic heterocycles. The SMILES string of the molecule is CCC(=O)NCc1ccc(-n2cc(COC3CCCCO3)nn2)cc1. The highest BCUT2D eigenvalue weighted by Gasteiger charge is 2.15. The van der Waals surface area contributed by atoms with Crippen LogP contribution in [0.1, 0.15) is 43.9 Å². The lowest BCUT2D eigenvalue weighted by molar-refractivity contribution is -0.169. The van der Waals surface area contributed by atoms with Gasteiger partial charge in [-0.05, 0) is 37.0 Å². The molecular weight excluding hydrogens is 320 g/mol. The van der Waals surface area contributed by atoms with Gasteiger partial charge in [-0.2, -0.15) is 0 Å². The van der Waals surface area contributed by atoms with Crippen LogP contribution < -0.4 is 5.32 Å².